The summed E-state index contributed by atoms with van der Waals surface area (Å²) in [6.45, 7) is -0.0671. The molecule has 1 aliphatic heterocycles. The lowest BCUT2D eigenvalue weighted by Crippen LogP contribution is -2.59. The van der Waals surface area contributed by atoms with Crippen molar-refractivity contribution in [3.8, 4) is 0 Å². The predicted molar refractivity (Wildman–Crippen MR) is 44.3 cm³/mol. The number of ether oxygens (including phenoxy) is 1. The minimum Gasteiger partial charge on any atom is -0.481 e. The Morgan fingerprint density at radius 2 is 1.67 bits per heavy atom. The quantitative estimate of drug-likeness (QED) is 0.541. The van der Waals surface area contributed by atoms with Crippen LogP contribution in [0, 0.1) is 5.92 Å². The molecule has 84 valence electrons. The molecule has 1 heterocycles. The van der Waals surface area contributed by atoms with Gasteiger partial charge in [-0.15, -0.1) is 0 Å². The second kappa shape index (κ2) is 3.85. The Bertz CT molecular complexity index is 294. The number of carboxylic acid groups (broad SMARTS) is 3. The third-order valence-corrected chi connectivity index (χ3v) is 2.39. The number of aliphatic carboxylic acids is 3. The van der Waals surface area contributed by atoms with Crippen LogP contribution in [0.1, 0.15) is 12.8 Å². The summed E-state index contributed by atoms with van der Waals surface area (Å²) in [5, 5.41) is 26.4. The van der Waals surface area contributed by atoms with Crippen molar-refractivity contribution in [2.45, 2.75) is 18.4 Å². The predicted octanol–water partition coefficient (Wildman–Crippen LogP) is -0.594. The highest BCUT2D eigenvalue weighted by molar-refractivity contribution is 6.05. The van der Waals surface area contributed by atoms with E-state index >= 15 is 0 Å². The van der Waals surface area contributed by atoms with Gasteiger partial charge in [-0.05, 0) is 12.8 Å². The van der Waals surface area contributed by atoms with Crippen molar-refractivity contribution in [3.63, 3.8) is 0 Å². The molecule has 0 amide bonds. The second-order valence-corrected chi connectivity index (χ2v) is 3.23. The fourth-order valence-electron chi connectivity index (χ4n) is 1.63. The first kappa shape index (κ1) is 11.4. The molecule has 3 N–H and O–H groups in total. The molecule has 7 heteroatoms. The van der Waals surface area contributed by atoms with Gasteiger partial charge in [0, 0.05) is 6.61 Å². The monoisotopic (exact) mass is 218 g/mol. The molecule has 1 unspecified atom stereocenters. The second-order valence-electron chi connectivity index (χ2n) is 3.23. The summed E-state index contributed by atoms with van der Waals surface area (Å²) in [7, 11) is 0. The molecule has 15 heavy (non-hydrogen) atoms. The highest BCUT2D eigenvalue weighted by Crippen LogP contribution is 2.32. The summed E-state index contributed by atoms with van der Waals surface area (Å²) in [6, 6.07) is 0. The van der Waals surface area contributed by atoms with Crippen molar-refractivity contribution in [1.82, 2.24) is 0 Å². The summed E-state index contributed by atoms with van der Waals surface area (Å²) >= 11 is 0. The average Bonchev–Trinajstić information content (AvgIpc) is 2.16. The number of carboxylic acids is 3. The van der Waals surface area contributed by atoms with Gasteiger partial charge in [0.15, 0.2) is 0 Å². The van der Waals surface area contributed by atoms with Gasteiger partial charge in [-0.25, -0.2) is 9.59 Å². The largest absolute Gasteiger partial charge is 0.481 e. The number of carbonyl (C=O) groups is 3. The van der Waals surface area contributed by atoms with Gasteiger partial charge in [0.05, 0.1) is 0 Å². The lowest BCUT2D eigenvalue weighted by molar-refractivity contribution is -0.204. The third kappa shape index (κ3) is 1.65. The molecule has 1 atom stereocenters. The molecule has 0 saturated carbocycles. The molecule has 1 rings (SSSR count). The van der Waals surface area contributed by atoms with E-state index in [1.165, 1.54) is 0 Å². The highest BCUT2D eigenvalue weighted by Gasteiger charge is 2.59. The van der Waals surface area contributed by atoms with E-state index in [0.29, 0.717) is 6.42 Å². The van der Waals surface area contributed by atoms with Crippen molar-refractivity contribution >= 4 is 17.9 Å². The van der Waals surface area contributed by atoms with Gasteiger partial charge in [-0.3, -0.25) is 4.79 Å². The fraction of sp³-hybridized carbons (Fsp3) is 0.625. The SMILES string of the molecule is O=C(O)C1CCCOC1(C(=O)O)C(=O)O. The van der Waals surface area contributed by atoms with Crippen LogP contribution in [0.2, 0.25) is 0 Å². The maximum absolute atomic E-state index is 10.9. The van der Waals surface area contributed by atoms with Crippen LogP contribution in [0.5, 0.6) is 0 Å². The van der Waals surface area contributed by atoms with Gasteiger partial charge in [-0.2, -0.15) is 0 Å². The van der Waals surface area contributed by atoms with Gasteiger partial charge in [-0.1, -0.05) is 0 Å². The summed E-state index contributed by atoms with van der Waals surface area (Å²) in [5.74, 6) is -6.58. The summed E-state index contributed by atoms with van der Waals surface area (Å²) < 4.78 is 4.68. The topological polar surface area (TPSA) is 121 Å². The van der Waals surface area contributed by atoms with E-state index in [9.17, 15) is 14.4 Å². The Morgan fingerprint density at radius 1 is 1.13 bits per heavy atom. The van der Waals surface area contributed by atoms with E-state index in [1.807, 2.05) is 0 Å². The molecule has 0 aliphatic carbocycles. The zero-order valence-corrected chi connectivity index (χ0v) is 7.67. The van der Waals surface area contributed by atoms with Crippen LogP contribution < -0.4 is 0 Å². The van der Waals surface area contributed by atoms with Gasteiger partial charge in [0.2, 0.25) is 0 Å². The van der Waals surface area contributed by atoms with Crippen LogP contribution >= 0.6 is 0 Å². The lowest BCUT2D eigenvalue weighted by atomic mass is 9.82. The zero-order chi connectivity index (χ0) is 11.6. The standard InChI is InChI=1S/C8H10O7/c9-5(10)4-2-1-3-15-8(4,6(11)12)7(13)14/h4H,1-3H2,(H,9,10)(H,11,12)(H,13,14). The smallest absolute Gasteiger partial charge is 0.348 e. The molecule has 1 fully saturated rings. The van der Waals surface area contributed by atoms with Crippen molar-refractivity contribution in [3.05, 3.63) is 0 Å². The molecule has 1 aliphatic rings. The van der Waals surface area contributed by atoms with Gasteiger partial charge in [0.1, 0.15) is 5.92 Å². The van der Waals surface area contributed by atoms with Gasteiger partial charge in [0.25, 0.3) is 5.60 Å². The van der Waals surface area contributed by atoms with Crippen LogP contribution in [0.25, 0.3) is 0 Å². The molecular formula is C8H10O7. The van der Waals surface area contributed by atoms with Crippen LogP contribution in [0.3, 0.4) is 0 Å². The van der Waals surface area contributed by atoms with E-state index in [0.717, 1.165) is 0 Å². The van der Waals surface area contributed by atoms with Gasteiger partial charge < -0.3 is 20.1 Å². The van der Waals surface area contributed by atoms with Crippen LogP contribution in [-0.4, -0.2) is 45.4 Å². The van der Waals surface area contributed by atoms with Crippen LogP contribution in [0.4, 0.5) is 0 Å². The summed E-state index contributed by atoms with van der Waals surface area (Å²) in [6.07, 6.45) is 0.313. The first-order valence-corrected chi connectivity index (χ1v) is 4.26. The molecular weight excluding hydrogens is 208 g/mol. The molecule has 0 aromatic heterocycles. The molecule has 0 bridgehead atoms. The number of rotatable bonds is 3. The first-order chi connectivity index (χ1) is 6.93. The van der Waals surface area contributed by atoms with Crippen LogP contribution in [0.15, 0.2) is 0 Å². The van der Waals surface area contributed by atoms with Crippen molar-refractivity contribution < 1.29 is 34.4 Å². The summed E-state index contributed by atoms with van der Waals surface area (Å²) in [5.41, 5.74) is -2.65. The van der Waals surface area contributed by atoms with Crippen LogP contribution in [-0.2, 0) is 19.1 Å². The molecule has 0 aromatic carbocycles. The van der Waals surface area contributed by atoms with Crippen molar-refractivity contribution in [2.75, 3.05) is 6.61 Å². The third-order valence-electron chi connectivity index (χ3n) is 2.39. The van der Waals surface area contributed by atoms with E-state index in [-0.39, 0.29) is 13.0 Å². The molecule has 7 nitrogen and oxygen atoms in total. The zero-order valence-electron chi connectivity index (χ0n) is 7.67. The Morgan fingerprint density at radius 3 is 2.00 bits per heavy atom. The Balaban J connectivity index is 3.16. The highest BCUT2D eigenvalue weighted by atomic mass is 16.6. The van der Waals surface area contributed by atoms with E-state index in [1.54, 1.807) is 0 Å². The molecule has 1 saturated heterocycles. The Labute approximate surface area is 84.3 Å². The first-order valence-electron chi connectivity index (χ1n) is 4.26. The summed E-state index contributed by atoms with van der Waals surface area (Å²) in [4.78, 5) is 32.5. The number of hydrogen-bond donors (Lipinski definition) is 3. The van der Waals surface area contributed by atoms with E-state index in [2.05, 4.69) is 4.74 Å². The molecule has 0 radical (unpaired) electrons. The number of hydrogen-bond acceptors (Lipinski definition) is 4. The lowest BCUT2D eigenvalue weighted by Gasteiger charge is -2.34. The van der Waals surface area contributed by atoms with Crippen molar-refractivity contribution in [1.29, 1.82) is 0 Å². The fourth-order valence-corrected chi connectivity index (χ4v) is 1.63. The molecule has 0 spiro atoms. The molecule has 0 aromatic rings. The minimum atomic E-state index is -2.65. The Hall–Kier alpha value is -1.63. The maximum atomic E-state index is 10.9. The van der Waals surface area contributed by atoms with E-state index < -0.39 is 29.4 Å². The van der Waals surface area contributed by atoms with E-state index in [4.69, 9.17) is 15.3 Å². The van der Waals surface area contributed by atoms with Crippen molar-refractivity contribution in [2.24, 2.45) is 5.92 Å². The normalized spacial score (nSPS) is 24.4. The average molecular weight is 218 g/mol. The maximum Gasteiger partial charge on any atom is 0.348 e. The van der Waals surface area contributed by atoms with Gasteiger partial charge >= 0.3 is 17.9 Å². The minimum absolute atomic E-state index is 0.0199. The Kier molecular flexibility index (Phi) is 2.94.